The highest BCUT2D eigenvalue weighted by molar-refractivity contribution is 6.30. The molecule has 144 valence electrons. The van der Waals surface area contributed by atoms with Crippen molar-refractivity contribution in [2.24, 2.45) is 0 Å². The van der Waals surface area contributed by atoms with Gasteiger partial charge in [0.05, 0.1) is 6.42 Å². The van der Waals surface area contributed by atoms with E-state index in [9.17, 15) is 9.59 Å². The van der Waals surface area contributed by atoms with Gasteiger partial charge in [-0.05, 0) is 31.2 Å². The minimum Gasteiger partial charge on any atom is -0.457 e. The second-order valence-electron chi connectivity index (χ2n) is 6.29. The number of rotatable bonds is 7. The minimum absolute atomic E-state index is 0.0290. The molecule has 2 aromatic carbocycles. The van der Waals surface area contributed by atoms with E-state index < -0.39 is 5.97 Å². The number of nitrogens with one attached hydrogen (secondary N) is 1. The molecule has 1 N–H and O–H groups in total. The van der Waals surface area contributed by atoms with Gasteiger partial charge in [-0.1, -0.05) is 47.1 Å². The minimum atomic E-state index is -0.440. The lowest BCUT2D eigenvalue weighted by atomic mass is 10.1. The van der Waals surface area contributed by atoms with Gasteiger partial charge in [-0.3, -0.25) is 9.59 Å². The summed E-state index contributed by atoms with van der Waals surface area (Å²) in [5.74, 6) is -0.242. The van der Waals surface area contributed by atoms with E-state index in [0.717, 1.165) is 5.56 Å². The summed E-state index contributed by atoms with van der Waals surface area (Å²) in [4.78, 5) is 24.1. The Morgan fingerprint density at radius 2 is 1.86 bits per heavy atom. The summed E-state index contributed by atoms with van der Waals surface area (Å²) < 4.78 is 10.4. The van der Waals surface area contributed by atoms with E-state index in [1.165, 1.54) is 0 Å². The van der Waals surface area contributed by atoms with Crippen LogP contribution in [0.3, 0.4) is 0 Å². The monoisotopic (exact) mass is 398 g/mol. The van der Waals surface area contributed by atoms with Crippen molar-refractivity contribution in [2.45, 2.75) is 26.0 Å². The summed E-state index contributed by atoms with van der Waals surface area (Å²) in [5, 5.41) is 7.36. The molecule has 3 aromatic rings. The average molecular weight is 399 g/mol. The van der Waals surface area contributed by atoms with Gasteiger partial charge in [-0.2, -0.15) is 0 Å². The number of carbonyl (C=O) groups is 2. The van der Waals surface area contributed by atoms with Crippen LogP contribution in [0.2, 0.25) is 5.02 Å². The molecule has 0 saturated carbocycles. The Bertz CT molecular complexity index is 939. The molecule has 0 bridgehead atoms. The Morgan fingerprint density at radius 1 is 1.14 bits per heavy atom. The number of hydrogen-bond donors (Lipinski definition) is 1. The number of aromatic nitrogens is 1. The van der Waals surface area contributed by atoms with Crippen LogP contribution in [0.25, 0.3) is 11.3 Å². The Balaban J connectivity index is 1.46. The average Bonchev–Trinajstić information content (AvgIpc) is 3.16. The lowest BCUT2D eigenvalue weighted by molar-refractivity contribution is -0.146. The van der Waals surface area contributed by atoms with E-state index in [-0.39, 0.29) is 25.0 Å². The van der Waals surface area contributed by atoms with E-state index in [2.05, 4.69) is 10.5 Å². The van der Waals surface area contributed by atoms with Crippen molar-refractivity contribution in [1.29, 1.82) is 0 Å². The van der Waals surface area contributed by atoms with E-state index in [1.807, 2.05) is 18.2 Å². The van der Waals surface area contributed by atoms with Crippen LogP contribution in [-0.4, -0.2) is 23.1 Å². The Labute approximate surface area is 167 Å². The van der Waals surface area contributed by atoms with Crippen molar-refractivity contribution < 1.29 is 18.8 Å². The van der Waals surface area contributed by atoms with Crippen molar-refractivity contribution in [2.75, 3.05) is 0 Å². The van der Waals surface area contributed by atoms with Crippen LogP contribution in [0.5, 0.6) is 0 Å². The molecule has 6 nitrogen and oxygen atoms in total. The van der Waals surface area contributed by atoms with Crippen LogP contribution in [0.4, 0.5) is 0 Å². The summed E-state index contributed by atoms with van der Waals surface area (Å²) >= 11 is 5.87. The highest BCUT2D eigenvalue weighted by Crippen LogP contribution is 2.21. The molecule has 1 aromatic heterocycles. The highest BCUT2D eigenvalue weighted by atomic mass is 35.5. The molecule has 0 aliphatic rings. The van der Waals surface area contributed by atoms with Crippen LogP contribution >= 0.6 is 11.6 Å². The molecule has 0 spiro atoms. The van der Waals surface area contributed by atoms with Crippen LogP contribution in [-0.2, 0) is 16.1 Å². The van der Waals surface area contributed by atoms with E-state index in [0.29, 0.717) is 22.0 Å². The third kappa shape index (κ3) is 5.44. The summed E-state index contributed by atoms with van der Waals surface area (Å²) in [6, 6.07) is 17.3. The third-order valence-corrected chi connectivity index (χ3v) is 4.21. The zero-order valence-corrected chi connectivity index (χ0v) is 16.0. The lowest BCUT2D eigenvalue weighted by Gasteiger charge is -2.13. The number of carbonyl (C=O) groups excluding carboxylic acids is 2. The van der Waals surface area contributed by atoms with Crippen LogP contribution < -0.4 is 5.32 Å². The van der Waals surface area contributed by atoms with Crippen LogP contribution in [0.15, 0.2) is 65.2 Å². The topological polar surface area (TPSA) is 81.4 Å². The maximum atomic E-state index is 12.1. The Hall–Kier alpha value is -3.12. The van der Waals surface area contributed by atoms with Crippen molar-refractivity contribution in [3.05, 3.63) is 77.0 Å². The third-order valence-electron chi connectivity index (χ3n) is 3.96. The first-order valence-corrected chi connectivity index (χ1v) is 9.12. The number of benzene rings is 2. The van der Waals surface area contributed by atoms with Crippen molar-refractivity contribution in [1.82, 2.24) is 10.5 Å². The Morgan fingerprint density at radius 3 is 2.57 bits per heavy atom. The quantitative estimate of drug-likeness (QED) is 0.602. The zero-order chi connectivity index (χ0) is 19.9. The molecule has 0 saturated heterocycles. The first-order chi connectivity index (χ1) is 13.5. The number of nitrogens with zero attached hydrogens (tertiary/aromatic N) is 1. The predicted molar refractivity (Wildman–Crippen MR) is 105 cm³/mol. The van der Waals surface area contributed by atoms with Gasteiger partial charge in [0.15, 0.2) is 12.4 Å². The van der Waals surface area contributed by atoms with Gasteiger partial charge in [0, 0.05) is 28.3 Å². The predicted octanol–water partition coefficient (Wildman–Crippen LogP) is 4.25. The van der Waals surface area contributed by atoms with Crippen LogP contribution in [0.1, 0.15) is 29.5 Å². The lowest BCUT2D eigenvalue weighted by Crippen LogP contribution is -2.34. The fourth-order valence-electron chi connectivity index (χ4n) is 2.55. The smallest absolute Gasteiger partial charge is 0.308 e. The largest absolute Gasteiger partial charge is 0.457 e. The Kier molecular flexibility index (Phi) is 6.45. The molecule has 1 amide bonds. The zero-order valence-electron chi connectivity index (χ0n) is 15.2. The van der Waals surface area contributed by atoms with Crippen molar-refractivity contribution >= 4 is 23.5 Å². The van der Waals surface area contributed by atoms with Gasteiger partial charge in [0.2, 0.25) is 0 Å². The molecule has 0 aliphatic carbocycles. The maximum Gasteiger partial charge on any atom is 0.308 e. The van der Waals surface area contributed by atoms with E-state index in [4.69, 9.17) is 20.9 Å². The van der Waals surface area contributed by atoms with Crippen molar-refractivity contribution in [3.63, 3.8) is 0 Å². The molecule has 7 heteroatoms. The fourth-order valence-corrected chi connectivity index (χ4v) is 2.67. The maximum absolute atomic E-state index is 12.1. The normalized spacial score (nSPS) is 11.6. The fraction of sp³-hybridized carbons (Fsp3) is 0.190. The second kappa shape index (κ2) is 9.19. The van der Waals surface area contributed by atoms with Gasteiger partial charge >= 0.3 is 5.97 Å². The van der Waals surface area contributed by atoms with Gasteiger partial charge in [-0.25, -0.2) is 0 Å². The standard InChI is InChI=1S/C21H19ClN2O4/c1-14(23-21(26)16-5-3-2-4-6-16)11-20(25)27-13-18-12-19(24-28-18)15-7-9-17(22)10-8-15/h2-10,12,14H,11,13H2,1H3,(H,23,26). The van der Waals surface area contributed by atoms with E-state index in [1.54, 1.807) is 49.4 Å². The molecule has 0 radical (unpaired) electrons. The summed E-state index contributed by atoms with van der Waals surface area (Å²) in [6.07, 6.45) is 0.0523. The first-order valence-electron chi connectivity index (χ1n) is 8.74. The molecule has 3 rings (SSSR count). The molecular weight excluding hydrogens is 380 g/mol. The van der Waals surface area contributed by atoms with Crippen LogP contribution in [0, 0.1) is 0 Å². The molecule has 1 heterocycles. The van der Waals surface area contributed by atoms with Gasteiger partial charge < -0.3 is 14.6 Å². The van der Waals surface area contributed by atoms with Gasteiger partial charge in [-0.15, -0.1) is 0 Å². The molecular formula is C21H19ClN2O4. The summed E-state index contributed by atoms with van der Waals surface area (Å²) in [6.45, 7) is 1.72. The van der Waals surface area contributed by atoms with Crippen molar-refractivity contribution in [3.8, 4) is 11.3 Å². The number of esters is 1. The first kappa shape index (κ1) is 19.6. The number of hydrogen-bond acceptors (Lipinski definition) is 5. The summed E-state index contributed by atoms with van der Waals surface area (Å²) in [5.41, 5.74) is 2.02. The molecule has 0 aliphatic heterocycles. The molecule has 1 atom stereocenters. The second-order valence-corrected chi connectivity index (χ2v) is 6.73. The molecule has 0 fully saturated rings. The number of amides is 1. The highest BCUT2D eigenvalue weighted by Gasteiger charge is 2.15. The SMILES string of the molecule is CC(CC(=O)OCc1cc(-c2ccc(Cl)cc2)no1)NC(=O)c1ccccc1. The summed E-state index contributed by atoms with van der Waals surface area (Å²) in [7, 11) is 0. The number of ether oxygens (including phenoxy) is 1. The van der Waals surface area contributed by atoms with Gasteiger partial charge in [0.25, 0.3) is 5.91 Å². The van der Waals surface area contributed by atoms with Gasteiger partial charge in [0.1, 0.15) is 5.69 Å². The van der Waals surface area contributed by atoms with E-state index >= 15 is 0 Å². The molecule has 1 unspecified atom stereocenters. The molecule has 28 heavy (non-hydrogen) atoms. The number of halogens is 1.